The highest BCUT2D eigenvalue weighted by Crippen LogP contribution is 2.28. The topological polar surface area (TPSA) is 69.6 Å². The third-order valence-electron chi connectivity index (χ3n) is 2.98. The maximum absolute atomic E-state index is 6.22. The van der Waals surface area contributed by atoms with E-state index in [0.29, 0.717) is 23.1 Å². The van der Waals surface area contributed by atoms with Gasteiger partial charge in [-0.2, -0.15) is 0 Å². The SMILES string of the molecule is Nc1ccc(Cl)c(-c2nnnn2Cc2cccc(Br)c2)c1. The third-order valence-corrected chi connectivity index (χ3v) is 3.81. The molecule has 7 heteroatoms. The molecule has 0 saturated carbocycles. The number of hydrogen-bond donors (Lipinski definition) is 1. The van der Waals surface area contributed by atoms with Gasteiger partial charge in [0.15, 0.2) is 5.82 Å². The van der Waals surface area contributed by atoms with Gasteiger partial charge in [-0.15, -0.1) is 5.10 Å². The number of rotatable bonds is 3. The lowest BCUT2D eigenvalue weighted by atomic mass is 10.2. The number of hydrogen-bond acceptors (Lipinski definition) is 4. The molecule has 0 atom stereocenters. The molecule has 3 rings (SSSR count). The molecule has 1 heterocycles. The van der Waals surface area contributed by atoms with E-state index in [4.69, 9.17) is 17.3 Å². The molecule has 1 aromatic heterocycles. The van der Waals surface area contributed by atoms with Gasteiger partial charge in [0, 0.05) is 15.7 Å². The van der Waals surface area contributed by atoms with Gasteiger partial charge in [0.2, 0.25) is 0 Å². The number of nitrogen functional groups attached to an aromatic ring is 1. The van der Waals surface area contributed by atoms with Crippen molar-refractivity contribution in [2.45, 2.75) is 6.54 Å². The summed E-state index contributed by atoms with van der Waals surface area (Å²) in [7, 11) is 0. The highest BCUT2D eigenvalue weighted by Gasteiger charge is 2.13. The van der Waals surface area contributed by atoms with Gasteiger partial charge in [-0.3, -0.25) is 0 Å². The van der Waals surface area contributed by atoms with Crippen LogP contribution >= 0.6 is 27.5 Å². The molecule has 0 aliphatic carbocycles. The minimum atomic E-state index is 0.549. The molecule has 3 aromatic rings. The van der Waals surface area contributed by atoms with E-state index in [1.165, 1.54) is 0 Å². The molecule has 21 heavy (non-hydrogen) atoms. The molecule has 2 aromatic carbocycles. The van der Waals surface area contributed by atoms with Crippen molar-refractivity contribution in [1.82, 2.24) is 20.2 Å². The quantitative estimate of drug-likeness (QED) is 0.723. The number of tetrazole rings is 1. The molecule has 0 unspecified atom stereocenters. The summed E-state index contributed by atoms with van der Waals surface area (Å²) in [4.78, 5) is 0. The summed E-state index contributed by atoms with van der Waals surface area (Å²) in [6, 6.07) is 13.2. The predicted octanol–water partition coefficient (Wildman–Crippen LogP) is 3.39. The van der Waals surface area contributed by atoms with E-state index in [1.54, 1.807) is 22.9 Å². The summed E-state index contributed by atoms with van der Waals surface area (Å²) < 4.78 is 2.71. The Kier molecular flexibility index (Phi) is 3.90. The molecular formula is C14H11BrClN5. The molecule has 0 bridgehead atoms. The molecule has 106 valence electrons. The zero-order valence-electron chi connectivity index (χ0n) is 10.9. The number of aromatic nitrogens is 4. The van der Waals surface area contributed by atoms with Gasteiger partial charge in [0.25, 0.3) is 0 Å². The Morgan fingerprint density at radius 1 is 1.19 bits per heavy atom. The van der Waals surface area contributed by atoms with Crippen molar-refractivity contribution in [3.63, 3.8) is 0 Å². The minimum absolute atomic E-state index is 0.549. The van der Waals surface area contributed by atoms with Crippen LogP contribution in [0.5, 0.6) is 0 Å². The van der Waals surface area contributed by atoms with Crippen molar-refractivity contribution in [2.24, 2.45) is 0 Å². The van der Waals surface area contributed by atoms with Crippen molar-refractivity contribution in [3.05, 3.63) is 57.5 Å². The van der Waals surface area contributed by atoms with Gasteiger partial charge in [0.05, 0.1) is 11.6 Å². The Bertz CT molecular complexity index is 787. The first-order chi connectivity index (χ1) is 10.1. The van der Waals surface area contributed by atoms with Crippen molar-refractivity contribution in [1.29, 1.82) is 0 Å². The van der Waals surface area contributed by atoms with E-state index >= 15 is 0 Å². The van der Waals surface area contributed by atoms with E-state index in [2.05, 4.69) is 31.5 Å². The number of halogens is 2. The van der Waals surface area contributed by atoms with Crippen LogP contribution in [-0.4, -0.2) is 20.2 Å². The van der Waals surface area contributed by atoms with E-state index in [1.807, 2.05) is 24.3 Å². The van der Waals surface area contributed by atoms with Crippen molar-refractivity contribution in [2.75, 3.05) is 5.73 Å². The largest absolute Gasteiger partial charge is 0.399 e. The van der Waals surface area contributed by atoms with Crippen LogP contribution in [0.2, 0.25) is 5.02 Å². The zero-order valence-corrected chi connectivity index (χ0v) is 13.2. The second-order valence-electron chi connectivity index (χ2n) is 4.53. The maximum Gasteiger partial charge on any atom is 0.183 e. The fraction of sp³-hybridized carbons (Fsp3) is 0.0714. The van der Waals surface area contributed by atoms with Gasteiger partial charge in [0.1, 0.15) is 0 Å². The second kappa shape index (κ2) is 5.83. The summed E-state index contributed by atoms with van der Waals surface area (Å²) in [5.41, 5.74) is 8.23. The average Bonchev–Trinajstić information content (AvgIpc) is 2.89. The van der Waals surface area contributed by atoms with Crippen molar-refractivity contribution < 1.29 is 0 Å². The van der Waals surface area contributed by atoms with E-state index < -0.39 is 0 Å². The van der Waals surface area contributed by atoms with Crippen molar-refractivity contribution in [3.8, 4) is 11.4 Å². The van der Waals surface area contributed by atoms with Crippen LogP contribution in [0.3, 0.4) is 0 Å². The standard InChI is InChI=1S/C14H11BrClN5/c15-10-3-1-2-9(6-10)8-21-14(18-19-20-21)12-7-11(17)4-5-13(12)16/h1-7H,8,17H2. The first kappa shape index (κ1) is 14.0. The summed E-state index contributed by atoms with van der Waals surface area (Å²) in [6.45, 7) is 0.549. The normalized spacial score (nSPS) is 10.8. The molecule has 0 radical (unpaired) electrons. The summed E-state index contributed by atoms with van der Waals surface area (Å²) in [5, 5.41) is 12.4. The average molecular weight is 365 g/mol. The van der Waals surface area contributed by atoms with E-state index in [0.717, 1.165) is 15.6 Å². The van der Waals surface area contributed by atoms with Gasteiger partial charge in [-0.05, 0) is 46.3 Å². The first-order valence-electron chi connectivity index (χ1n) is 6.19. The lowest BCUT2D eigenvalue weighted by molar-refractivity contribution is 0.653. The second-order valence-corrected chi connectivity index (χ2v) is 5.85. The number of nitrogens with zero attached hydrogens (tertiary/aromatic N) is 4. The summed E-state index contributed by atoms with van der Waals surface area (Å²) >= 11 is 9.67. The Hall–Kier alpha value is -1.92. The van der Waals surface area contributed by atoms with Crippen LogP contribution in [0.1, 0.15) is 5.56 Å². The van der Waals surface area contributed by atoms with Crippen LogP contribution in [0.25, 0.3) is 11.4 Å². The number of benzene rings is 2. The van der Waals surface area contributed by atoms with Crippen LogP contribution in [0.15, 0.2) is 46.9 Å². The van der Waals surface area contributed by atoms with E-state index in [-0.39, 0.29) is 0 Å². The van der Waals surface area contributed by atoms with Crippen LogP contribution < -0.4 is 5.73 Å². The lowest BCUT2D eigenvalue weighted by Crippen LogP contribution is -2.05. The van der Waals surface area contributed by atoms with Crippen LogP contribution in [-0.2, 0) is 6.54 Å². The first-order valence-corrected chi connectivity index (χ1v) is 7.36. The lowest BCUT2D eigenvalue weighted by Gasteiger charge is -2.07. The fourth-order valence-electron chi connectivity index (χ4n) is 2.03. The molecule has 0 aliphatic rings. The highest BCUT2D eigenvalue weighted by molar-refractivity contribution is 9.10. The summed E-state index contributed by atoms with van der Waals surface area (Å²) in [5.74, 6) is 0.590. The molecule has 0 spiro atoms. The highest BCUT2D eigenvalue weighted by atomic mass is 79.9. The fourth-order valence-corrected chi connectivity index (χ4v) is 2.68. The third kappa shape index (κ3) is 3.06. The van der Waals surface area contributed by atoms with Gasteiger partial charge in [-0.1, -0.05) is 39.7 Å². The molecule has 0 amide bonds. The summed E-state index contributed by atoms with van der Waals surface area (Å²) in [6.07, 6.45) is 0. The number of nitrogens with two attached hydrogens (primary N) is 1. The van der Waals surface area contributed by atoms with E-state index in [9.17, 15) is 0 Å². The molecular weight excluding hydrogens is 354 g/mol. The van der Waals surface area contributed by atoms with Gasteiger partial charge >= 0.3 is 0 Å². The Balaban J connectivity index is 1.99. The smallest absolute Gasteiger partial charge is 0.183 e. The monoisotopic (exact) mass is 363 g/mol. The van der Waals surface area contributed by atoms with Gasteiger partial charge in [-0.25, -0.2) is 4.68 Å². The van der Waals surface area contributed by atoms with Crippen molar-refractivity contribution >= 4 is 33.2 Å². The molecule has 5 nitrogen and oxygen atoms in total. The van der Waals surface area contributed by atoms with Crippen LogP contribution in [0.4, 0.5) is 5.69 Å². The zero-order chi connectivity index (χ0) is 14.8. The predicted molar refractivity (Wildman–Crippen MR) is 85.9 cm³/mol. The Morgan fingerprint density at radius 2 is 2.05 bits per heavy atom. The maximum atomic E-state index is 6.22. The van der Waals surface area contributed by atoms with Crippen LogP contribution in [0, 0.1) is 0 Å². The number of anilines is 1. The molecule has 0 aliphatic heterocycles. The molecule has 2 N–H and O–H groups in total. The minimum Gasteiger partial charge on any atom is -0.399 e. The molecule has 0 saturated heterocycles. The Morgan fingerprint density at radius 3 is 2.86 bits per heavy atom. The van der Waals surface area contributed by atoms with Gasteiger partial charge < -0.3 is 5.73 Å². The Labute approximate surface area is 134 Å². The molecule has 0 fully saturated rings.